The lowest BCUT2D eigenvalue weighted by atomic mass is 10.1. The molecule has 11 heterocycles. The number of rotatable bonds is 32. The van der Waals surface area contributed by atoms with Gasteiger partial charge in [-0.25, -0.2) is 75.3 Å². The number of aliphatic hydroxyl groups is 5. The average Bonchev–Trinajstić information content (AvgIpc) is 1.63. The second-order valence-corrected chi connectivity index (χ2v) is 42.1. The van der Waals surface area contributed by atoms with E-state index in [-0.39, 0.29) is 121 Å². The van der Waals surface area contributed by atoms with Gasteiger partial charge in [-0.3, -0.25) is 69.6 Å². The lowest BCUT2D eigenvalue weighted by Crippen LogP contribution is -2.39. The van der Waals surface area contributed by atoms with Gasteiger partial charge in [0.1, 0.15) is 17.5 Å². The number of aliphatic hydroxyl groups excluding tert-OH is 5. The second kappa shape index (κ2) is 63.0. The van der Waals surface area contributed by atoms with Crippen LogP contribution in [0.4, 0.5) is 0 Å². The van der Waals surface area contributed by atoms with Crippen molar-refractivity contribution in [3.05, 3.63) is 270 Å². The summed E-state index contributed by atoms with van der Waals surface area (Å²) in [7, 11) is -0.825. The van der Waals surface area contributed by atoms with Gasteiger partial charge < -0.3 is 41.7 Å². The topological polar surface area (TPSA) is 620 Å². The van der Waals surface area contributed by atoms with E-state index in [1.54, 1.807) is 224 Å². The van der Waals surface area contributed by atoms with Gasteiger partial charge in [-0.2, -0.15) is 0 Å². The van der Waals surface area contributed by atoms with Gasteiger partial charge in [0, 0.05) is 141 Å². The number of aryl methyl sites for hydroxylation is 4. The first kappa shape index (κ1) is 129. The van der Waals surface area contributed by atoms with Gasteiger partial charge in [0.05, 0.1) is 156 Å². The van der Waals surface area contributed by atoms with Gasteiger partial charge in [0.15, 0.2) is 4.47 Å². The Morgan fingerprint density at radius 1 is 0.432 bits per heavy atom. The molecule has 8 amide bonds. The predicted molar refractivity (Wildman–Crippen MR) is 581 cm³/mol. The minimum Gasteiger partial charge on any atom is -0.393 e. The number of carbonyl (C=O) groups excluding carboxylic acids is 8. The summed E-state index contributed by atoms with van der Waals surface area (Å²) in [5, 5.41) is 53.0. The van der Waals surface area contributed by atoms with Crippen LogP contribution < -0.4 is 23.2 Å². The number of hydrazine groups is 1. The fourth-order valence-corrected chi connectivity index (χ4v) is 18.7. The van der Waals surface area contributed by atoms with Crippen LogP contribution in [0.1, 0.15) is 168 Å². The van der Waals surface area contributed by atoms with Crippen molar-refractivity contribution in [3.8, 4) is 0 Å². The number of epoxide rings is 1. The van der Waals surface area contributed by atoms with E-state index in [4.69, 9.17) is 44.9 Å². The van der Waals surface area contributed by atoms with Crippen molar-refractivity contribution < 1.29 is 85.5 Å². The molecule has 17 rings (SSSR count). The maximum atomic E-state index is 12.3. The molecule has 0 bridgehead atoms. The number of carbonyl (C=O) groups is 8. The summed E-state index contributed by atoms with van der Waals surface area (Å²) in [5.41, 5.74) is 23.4. The number of hydrogen-bond donors (Lipinski definition) is 9. The Bertz CT molecular complexity index is 6530. The molecule has 0 radical (unpaired) electrons. The van der Waals surface area contributed by atoms with Crippen LogP contribution in [0, 0.1) is 0 Å². The zero-order valence-corrected chi connectivity index (χ0v) is 86.5. The first-order valence-electron chi connectivity index (χ1n) is 43.4. The minimum absolute atomic E-state index is 0. The van der Waals surface area contributed by atoms with Gasteiger partial charge in [-0.1, -0.05) is 102 Å². The van der Waals surface area contributed by atoms with Gasteiger partial charge in [-0.05, 0) is 153 Å². The molecule has 12 aromatic rings. The quantitative estimate of drug-likeness (QED) is 0.00218. The first-order valence-corrected chi connectivity index (χ1v) is 53.6. The molecule has 0 aliphatic carbocycles. The maximum Gasteiger partial charge on any atom is 0.261 e. The van der Waals surface area contributed by atoms with Crippen molar-refractivity contribution in [1.82, 2.24) is 78.0 Å². The van der Waals surface area contributed by atoms with Crippen LogP contribution in [0.2, 0.25) is 9.75 Å². The molecule has 5 aliphatic rings. The van der Waals surface area contributed by atoms with Crippen LogP contribution >= 0.6 is 92.9 Å². The number of β-amino-alcohol motifs (C(OH)–C–C–N with tert-alkyl or cyclic N) is 3. The summed E-state index contributed by atoms with van der Waals surface area (Å²) in [6.07, 6.45) is 22.9. The fourth-order valence-electron chi connectivity index (χ4n) is 13.2. The molecule has 13 N–H and O–H groups in total. The summed E-state index contributed by atoms with van der Waals surface area (Å²) in [4.78, 5) is 149. The number of ether oxygens (including phenoxy) is 1. The smallest absolute Gasteiger partial charge is 0.261 e. The molecule has 6 aromatic heterocycles. The zero-order chi connectivity index (χ0) is 104. The van der Waals surface area contributed by atoms with Crippen molar-refractivity contribution in [2.75, 3.05) is 106 Å². The van der Waals surface area contributed by atoms with E-state index in [0.717, 1.165) is 65.9 Å². The Morgan fingerprint density at radius 2 is 0.723 bits per heavy atom. The molecular formula is C97H125Cl2N23O18S8. The highest BCUT2D eigenvalue weighted by Crippen LogP contribution is 2.33. The van der Waals surface area contributed by atoms with Crippen LogP contribution in [0.25, 0.3) is 30.9 Å². The van der Waals surface area contributed by atoms with Crippen LogP contribution in [-0.2, 0) is 50.5 Å². The Labute approximate surface area is 896 Å². The number of imide groups is 4. The molecule has 0 spiro atoms. The number of halogens is 2. The monoisotopic (exact) mass is 2230 g/mol. The lowest BCUT2D eigenvalue weighted by Gasteiger charge is -2.18. The Balaban J connectivity index is 0.000000356. The van der Waals surface area contributed by atoms with Gasteiger partial charge >= 0.3 is 0 Å². The third-order valence-corrected chi connectivity index (χ3v) is 29.8. The van der Waals surface area contributed by atoms with Gasteiger partial charge in [-0.15, -0.1) is 69.7 Å². The van der Waals surface area contributed by atoms with E-state index in [9.17, 15) is 80.7 Å². The number of nitrogens with zero attached hydrogens (tertiary/aromatic N) is 19. The number of fused-ring (bicyclic) bond motifs is 6. The van der Waals surface area contributed by atoms with Crippen molar-refractivity contribution in [1.29, 1.82) is 0 Å². The average molecular weight is 2230 g/mol. The molecule has 0 saturated carbocycles. The molecule has 798 valence electrons. The molecular weight excluding hydrogens is 2100 g/mol. The molecule has 51 heteroatoms. The van der Waals surface area contributed by atoms with Gasteiger partial charge in [0.25, 0.3) is 47.3 Å². The summed E-state index contributed by atoms with van der Waals surface area (Å²) in [6.45, 7) is 0.920. The number of hydrogen-bond acceptors (Lipinski definition) is 39. The molecule has 41 nitrogen and oxygen atoms in total. The van der Waals surface area contributed by atoms with E-state index in [0.29, 0.717) is 137 Å². The number of thiazole rings is 2. The standard InChI is InChI=1S/C19H24N4O3S3.C17H17N3O3S.C11H10N4O3.C11H12N2O3.C11H9NO3.C9H9ClN2O2S2.C9H15N3OS.C5H5ClN2S.5CH4.H4N2/c1-23(2)29(25,26)15-6-7-16-17(10-15)28-19(22-16)9-5-13(24)4-8-18-20-11-14(27-3)12-21-18;1-24-12-8-18-15(19-9-12)7-6-11(21)10-20-16(22)13-4-2-3-5-14(13)17(20)23;12-14-13-5-7(16)6-15-10(17)8-3-1-2-4-9(8)11(15)18;12-5-7(14)6-13-10(15)8-3-1-2-4-9(8)11(13)16;13-10-8-3-1-2-4-9(8)11(14)12(10)5-7-6-15-7;1-12(2)16(13,14)6-3-4-7-8(5-6)15-9(10)11-7;1-14-8-5-11-9(12-6-8)3-2-7(13)4-10;1-9-4-2-7-5(6)8-3-4;;;;;;1-2/h6-7,10-13,24H,4-5,8-9H2,1-3H3;2-5,8-9,11,21H,6-7,10H2,1H3;1-4,7,16H,5-6H2;1-4,7,14H,5-6,12H2;1-4,7H,5-6H2;3-5H,1-2H3;5-7,13H,2-4,10H2,1H3;2-3H,1H3;5*1H4;1-2H2/t13-;11-;3*7-;;7-;;;;;;;/m11111.1......./s1. The zero-order valence-electron chi connectivity index (χ0n) is 78.5. The Morgan fingerprint density at radius 3 is 1.04 bits per heavy atom. The van der Waals surface area contributed by atoms with Crippen LogP contribution in [-0.4, -0.2) is 310 Å². The number of azide groups is 1. The largest absolute Gasteiger partial charge is 0.393 e. The number of thioether (sulfide) groups is 4. The van der Waals surface area contributed by atoms with Crippen molar-refractivity contribution in [3.63, 3.8) is 0 Å². The summed E-state index contributed by atoms with van der Waals surface area (Å²) < 4.78 is 57.7. The van der Waals surface area contributed by atoms with E-state index < -0.39 is 62.4 Å². The SMILES string of the molecule is C.C.C.C.C.CN(C)S(=O)(=O)c1ccc2nc(Cl)sc2c1.CSc1cnc(CC[C@@H](O)CCc2nc3ccc(S(=O)(=O)N(C)C)cc3s2)nc1.CSc1cnc(CC[C@@H](O)CN)nc1.CSc1cnc(CC[C@@H](O)CN2C(=O)c3ccccc3C2=O)nc1.CSc1cnc(Cl)nc1.NC[C@@H](O)CN1C(=O)c2ccccc2C1=O.NN.O=C1c2ccccc2C(=O)N1C[C@@H]1CO1.[N-]=[N+]=NC[C@@H](O)CN1C(=O)c2ccccc2C1=O. The van der Waals surface area contributed by atoms with Crippen LogP contribution in [0.5, 0.6) is 0 Å². The van der Waals surface area contributed by atoms with E-state index in [1.165, 1.54) is 70.4 Å². The minimum atomic E-state index is -3.46. The van der Waals surface area contributed by atoms with Crippen molar-refractivity contribution >= 4 is 181 Å². The molecule has 1 fully saturated rings. The summed E-state index contributed by atoms with van der Waals surface area (Å²) in [6, 6.07) is 36.4. The van der Waals surface area contributed by atoms with E-state index in [1.807, 2.05) is 25.0 Å². The number of amides is 8. The van der Waals surface area contributed by atoms with Crippen molar-refractivity contribution in [2.45, 2.75) is 154 Å². The molecule has 6 atom stereocenters. The number of nitrogens with two attached hydrogens (primary N) is 4. The normalized spacial score (nSPS) is 14.2. The number of benzene rings is 6. The number of sulfonamides is 2. The Hall–Kier alpha value is -11.3. The first-order chi connectivity index (χ1) is 68.4. The molecule has 1 saturated heterocycles. The summed E-state index contributed by atoms with van der Waals surface area (Å²) in [5.74, 6) is 7.41. The highest BCUT2D eigenvalue weighted by Gasteiger charge is 2.41. The Kier molecular flexibility index (Phi) is 54.9. The lowest BCUT2D eigenvalue weighted by molar-refractivity contribution is 0.0527. The predicted octanol–water partition coefficient (Wildman–Crippen LogP) is 12.5. The fraction of sp³-hybridized carbons (Fsp3) is 0.361. The van der Waals surface area contributed by atoms with E-state index in [2.05, 4.69) is 71.6 Å². The summed E-state index contributed by atoms with van der Waals surface area (Å²) >= 11 is 20.3. The molecule has 0 unspecified atom stereocenters. The van der Waals surface area contributed by atoms with E-state index >= 15 is 0 Å². The second-order valence-electron chi connectivity index (χ2n) is 31.2. The van der Waals surface area contributed by atoms with Crippen LogP contribution in [0.15, 0.2) is 218 Å². The highest BCUT2D eigenvalue weighted by atomic mass is 35.5. The maximum absolute atomic E-state index is 12.3. The van der Waals surface area contributed by atoms with Crippen LogP contribution in [0.3, 0.4) is 0 Å². The van der Waals surface area contributed by atoms with Gasteiger partial charge in [0.2, 0.25) is 25.3 Å². The number of aromatic nitrogens is 10. The third-order valence-electron chi connectivity index (χ3n) is 21.1. The molecule has 5 aliphatic heterocycles. The van der Waals surface area contributed by atoms with Crippen molar-refractivity contribution in [2.24, 2.45) is 28.3 Å². The third kappa shape index (κ3) is 36.3. The highest BCUT2D eigenvalue weighted by molar-refractivity contribution is 7.99. The molecule has 6 aromatic carbocycles. The molecule has 148 heavy (non-hydrogen) atoms.